The molecule has 3 heterocycles. The summed E-state index contributed by atoms with van der Waals surface area (Å²) >= 11 is 0. The predicted molar refractivity (Wildman–Crippen MR) is 137 cm³/mol. The van der Waals surface area contributed by atoms with Crippen LogP contribution in [0.5, 0.6) is 0 Å². The van der Waals surface area contributed by atoms with Crippen LogP contribution in [0.3, 0.4) is 0 Å². The smallest absolute Gasteiger partial charge is 0.290 e. The maximum atomic E-state index is 13.5. The molecule has 180 valence electrons. The van der Waals surface area contributed by atoms with Crippen molar-refractivity contribution >= 4 is 34.2 Å². The summed E-state index contributed by atoms with van der Waals surface area (Å²) in [4.78, 5) is 35.0. The van der Waals surface area contributed by atoms with Gasteiger partial charge in [-0.25, -0.2) is 0 Å². The Balaban J connectivity index is 1.30. The molecule has 0 bridgehead atoms. The van der Waals surface area contributed by atoms with Gasteiger partial charge in [0.15, 0.2) is 11.6 Å². The molecule has 0 spiro atoms. The van der Waals surface area contributed by atoms with E-state index in [0.29, 0.717) is 43.4 Å². The second-order valence-corrected chi connectivity index (χ2v) is 9.71. The van der Waals surface area contributed by atoms with Crippen molar-refractivity contribution in [2.24, 2.45) is 4.99 Å². The Hall–Kier alpha value is -3.87. The Labute approximate surface area is 205 Å². The summed E-state index contributed by atoms with van der Waals surface area (Å²) in [6.45, 7) is 7.69. The van der Waals surface area contributed by atoms with Gasteiger partial charge in [-0.15, -0.1) is 0 Å². The molecule has 0 saturated carbocycles. The SMILES string of the molecule is Cc1c(C(=O)N2CCN(C(=O)C3=NCCC(c4ccccc4)=CN3)C(C)(C)C2)oc2ccccc12. The Morgan fingerprint density at radius 1 is 1.00 bits per heavy atom. The number of amides is 2. The van der Waals surface area contributed by atoms with E-state index in [1.165, 1.54) is 0 Å². The Morgan fingerprint density at radius 3 is 2.49 bits per heavy atom. The van der Waals surface area contributed by atoms with Gasteiger partial charge in [0.05, 0.1) is 5.54 Å². The van der Waals surface area contributed by atoms with E-state index >= 15 is 0 Å². The summed E-state index contributed by atoms with van der Waals surface area (Å²) < 4.78 is 5.90. The summed E-state index contributed by atoms with van der Waals surface area (Å²) in [6, 6.07) is 17.8. The lowest BCUT2D eigenvalue weighted by molar-refractivity contribution is -0.132. The van der Waals surface area contributed by atoms with E-state index in [1.807, 2.05) is 74.3 Å². The zero-order valence-electron chi connectivity index (χ0n) is 20.4. The molecule has 0 aliphatic carbocycles. The summed E-state index contributed by atoms with van der Waals surface area (Å²) in [5.74, 6) is 0.430. The molecule has 0 atom stereocenters. The van der Waals surface area contributed by atoms with Gasteiger partial charge in [0.25, 0.3) is 11.8 Å². The number of aryl methyl sites for hydroxylation is 1. The monoisotopic (exact) mass is 470 g/mol. The minimum atomic E-state index is -0.562. The average Bonchev–Trinajstić information content (AvgIpc) is 3.03. The molecule has 7 nitrogen and oxygen atoms in total. The third kappa shape index (κ3) is 4.34. The van der Waals surface area contributed by atoms with Gasteiger partial charge in [-0.2, -0.15) is 0 Å². The Morgan fingerprint density at radius 2 is 1.74 bits per heavy atom. The first-order valence-electron chi connectivity index (χ1n) is 12.0. The van der Waals surface area contributed by atoms with E-state index < -0.39 is 5.54 Å². The number of amidine groups is 1. The first-order chi connectivity index (χ1) is 16.8. The summed E-state index contributed by atoms with van der Waals surface area (Å²) in [7, 11) is 0. The summed E-state index contributed by atoms with van der Waals surface area (Å²) in [5.41, 5.74) is 3.24. The molecule has 35 heavy (non-hydrogen) atoms. The van der Waals surface area contributed by atoms with E-state index in [9.17, 15) is 9.59 Å². The highest BCUT2D eigenvalue weighted by molar-refractivity contribution is 6.38. The molecule has 7 heteroatoms. The second kappa shape index (κ2) is 9.06. The number of furan rings is 1. The third-order valence-electron chi connectivity index (χ3n) is 6.85. The van der Waals surface area contributed by atoms with Gasteiger partial charge >= 0.3 is 0 Å². The van der Waals surface area contributed by atoms with Crippen LogP contribution in [0, 0.1) is 6.92 Å². The molecule has 2 aromatic carbocycles. The number of benzene rings is 2. The van der Waals surface area contributed by atoms with Gasteiger partial charge in [0.2, 0.25) is 0 Å². The highest BCUT2D eigenvalue weighted by Crippen LogP contribution is 2.29. The average molecular weight is 471 g/mol. The fourth-order valence-corrected chi connectivity index (χ4v) is 4.93. The van der Waals surface area contributed by atoms with Crippen LogP contribution in [0.2, 0.25) is 0 Å². The normalized spacial score (nSPS) is 17.9. The Bertz CT molecular complexity index is 1340. The molecule has 0 unspecified atom stereocenters. The van der Waals surface area contributed by atoms with Crippen LogP contribution in [0.25, 0.3) is 16.5 Å². The van der Waals surface area contributed by atoms with E-state index in [1.54, 1.807) is 4.90 Å². The third-order valence-corrected chi connectivity index (χ3v) is 6.85. The number of carbonyl (C=O) groups excluding carboxylic acids is 2. The zero-order chi connectivity index (χ0) is 24.6. The maximum Gasteiger partial charge on any atom is 0.290 e. The minimum absolute atomic E-state index is 0.140. The van der Waals surface area contributed by atoms with E-state index in [4.69, 9.17) is 4.42 Å². The molecule has 1 aromatic heterocycles. The molecular formula is C28H30N4O3. The maximum absolute atomic E-state index is 13.5. The number of hydrogen-bond acceptors (Lipinski definition) is 5. The lowest BCUT2D eigenvalue weighted by atomic mass is 9.97. The van der Waals surface area contributed by atoms with Gasteiger partial charge < -0.3 is 19.5 Å². The molecule has 1 fully saturated rings. The molecule has 3 aromatic rings. The van der Waals surface area contributed by atoms with Crippen molar-refractivity contribution in [3.63, 3.8) is 0 Å². The minimum Gasteiger partial charge on any atom is -0.451 e. The van der Waals surface area contributed by atoms with Crippen molar-refractivity contribution in [1.29, 1.82) is 0 Å². The van der Waals surface area contributed by atoms with Gasteiger partial charge in [-0.05, 0) is 44.4 Å². The highest BCUT2D eigenvalue weighted by atomic mass is 16.3. The number of nitrogens with one attached hydrogen (secondary N) is 1. The van der Waals surface area contributed by atoms with Gasteiger partial charge in [-0.3, -0.25) is 14.6 Å². The number of rotatable bonds is 3. The number of aliphatic imine (C=N–C) groups is 1. The molecule has 1 N–H and O–H groups in total. The van der Waals surface area contributed by atoms with Gasteiger partial charge in [0.1, 0.15) is 5.58 Å². The van der Waals surface area contributed by atoms with Crippen molar-refractivity contribution in [1.82, 2.24) is 15.1 Å². The van der Waals surface area contributed by atoms with Gasteiger partial charge in [0, 0.05) is 43.3 Å². The molecule has 2 amide bonds. The van der Waals surface area contributed by atoms with Crippen molar-refractivity contribution in [3.05, 3.63) is 77.7 Å². The number of hydrogen-bond donors (Lipinski definition) is 1. The number of para-hydroxylation sites is 1. The Kier molecular flexibility index (Phi) is 5.93. The van der Waals surface area contributed by atoms with Gasteiger partial charge in [-0.1, -0.05) is 48.5 Å². The van der Waals surface area contributed by atoms with E-state index in [0.717, 1.165) is 28.5 Å². The lowest BCUT2D eigenvalue weighted by Gasteiger charge is -2.46. The largest absolute Gasteiger partial charge is 0.451 e. The number of fused-ring (bicyclic) bond motifs is 1. The standard InChI is InChI=1S/C28H30N4O3/c1-19-22-11-7-8-12-23(22)35-24(19)26(33)31-15-16-32(28(2,3)18-31)27(34)25-29-14-13-21(17-30-25)20-9-5-4-6-10-20/h4-12,17H,13-16,18H2,1-3H3,(H,29,30). The summed E-state index contributed by atoms with van der Waals surface area (Å²) in [6.07, 6.45) is 2.65. The molecular weight excluding hydrogens is 440 g/mol. The molecule has 2 aliphatic rings. The van der Waals surface area contributed by atoms with Crippen LogP contribution in [0.1, 0.15) is 41.9 Å². The number of piperazine rings is 1. The molecule has 2 aliphatic heterocycles. The zero-order valence-corrected chi connectivity index (χ0v) is 20.4. The summed E-state index contributed by atoms with van der Waals surface area (Å²) in [5, 5.41) is 4.10. The number of carbonyl (C=O) groups is 2. The second-order valence-electron chi connectivity index (χ2n) is 9.71. The first-order valence-corrected chi connectivity index (χ1v) is 12.0. The van der Waals surface area contributed by atoms with Crippen LogP contribution in [0.15, 0.2) is 70.2 Å². The van der Waals surface area contributed by atoms with Crippen LogP contribution in [-0.2, 0) is 4.79 Å². The number of nitrogens with zero attached hydrogens (tertiary/aromatic N) is 3. The fourth-order valence-electron chi connectivity index (χ4n) is 4.93. The quantitative estimate of drug-likeness (QED) is 0.621. The van der Waals surface area contributed by atoms with Crippen molar-refractivity contribution < 1.29 is 14.0 Å². The molecule has 5 rings (SSSR count). The van der Waals surface area contributed by atoms with Crippen LogP contribution >= 0.6 is 0 Å². The fraction of sp³-hybridized carbons (Fsp3) is 0.321. The van der Waals surface area contributed by atoms with Crippen molar-refractivity contribution in [2.45, 2.75) is 32.7 Å². The lowest BCUT2D eigenvalue weighted by Crippen LogP contribution is -2.64. The van der Waals surface area contributed by atoms with Crippen molar-refractivity contribution in [2.75, 3.05) is 26.2 Å². The predicted octanol–water partition coefficient (Wildman–Crippen LogP) is 4.24. The van der Waals surface area contributed by atoms with Crippen molar-refractivity contribution in [3.8, 4) is 0 Å². The highest BCUT2D eigenvalue weighted by Gasteiger charge is 2.41. The molecule has 0 radical (unpaired) electrons. The van der Waals surface area contributed by atoms with Crippen LogP contribution < -0.4 is 5.32 Å². The van der Waals surface area contributed by atoms with Crippen LogP contribution in [-0.4, -0.2) is 59.2 Å². The van der Waals surface area contributed by atoms with Crippen LogP contribution in [0.4, 0.5) is 0 Å². The van der Waals surface area contributed by atoms with E-state index in [2.05, 4.69) is 22.4 Å². The van der Waals surface area contributed by atoms with E-state index in [-0.39, 0.29) is 11.8 Å². The first kappa shape index (κ1) is 22.9. The topological polar surface area (TPSA) is 78.2 Å². The molecule has 1 saturated heterocycles.